The lowest BCUT2D eigenvalue weighted by molar-refractivity contribution is 0.664. The second-order valence-electron chi connectivity index (χ2n) is 4.20. The number of fused-ring (bicyclic) bond motifs is 1. The van der Waals surface area contributed by atoms with Gasteiger partial charge in [0.15, 0.2) is 17.0 Å². The van der Waals surface area contributed by atoms with Crippen molar-refractivity contribution in [2.24, 2.45) is 0 Å². The summed E-state index contributed by atoms with van der Waals surface area (Å²) in [5.41, 5.74) is 2.89. The Bertz CT molecular complexity index is 800. The Morgan fingerprint density at radius 2 is 2.25 bits per heavy atom. The molecule has 0 bridgehead atoms. The summed E-state index contributed by atoms with van der Waals surface area (Å²) in [4.78, 5) is 8.30. The number of nitrogens with one attached hydrogen (secondary N) is 1. The molecule has 0 aliphatic rings. The van der Waals surface area contributed by atoms with Crippen LogP contribution in [0.25, 0.3) is 11.2 Å². The summed E-state index contributed by atoms with van der Waals surface area (Å²) in [5, 5.41) is 20.1. The number of rotatable bonds is 3. The summed E-state index contributed by atoms with van der Waals surface area (Å²) < 4.78 is 1.69. The molecule has 7 nitrogen and oxygen atoms in total. The fraction of sp³-hybridized carbons (Fsp3) is 0.154. The van der Waals surface area contributed by atoms with Crippen LogP contribution in [0.2, 0.25) is 0 Å². The van der Waals surface area contributed by atoms with Crippen LogP contribution in [-0.4, -0.2) is 32.0 Å². The fourth-order valence-corrected chi connectivity index (χ4v) is 1.99. The maximum atomic E-state index is 8.91. The average molecular weight is 265 g/mol. The standard InChI is InChI=1S/C13H11N7/c1-15-12-11-13(17-8-16-12)20(19-18-11)7-10-4-2-3-9(5-10)6-14/h2-5,8H,7H2,1H3,(H,15,16,17). The molecule has 0 radical (unpaired) electrons. The van der Waals surface area contributed by atoms with E-state index in [4.69, 9.17) is 5.26 Å². The molecule has 3 rings (SSSR count). The van der Waals surface area contributed by atoms with Crippen molar-refractivity contribution in [1.29, 1.82) is 5.26 Å². The van der Waals surface area contributed by atoms with Gasteiger partial charge in [-0.1, -0.05) is 17.3 Å². The molecule has 1 aromatic carbocycles. The van der Waals surface area contributed by atoms with Gasteiger partial charge >= 0.3 is 0 Å². The lowest BCUT2D eigenvalue weighted by atomic mass is 10.1. The first-order valence-electron chi connectivity index (χ1n) is 6.03. The summed E-state index contributed by atoms with van der Waals surface area (Å²) in [5.74, 6) is 0.645. The first kappa shape index (κ1) is 12.0. The van der Waals surface area contributed by atoms with E-state index >= 15 is 0 Å². The summed E-state index contributed by atoms with van der Waals surface area (Å²) >= 11 is 0. The van der Waals surface area contributed by atoms with Crippen molar-refractivity contribution >= 4 is 17.0 Å². The van der Waals surface area contributed by atoms with Gasteiger partial charge in [0.05, 0.1) is 18.2 Å². The molecule has 2 aromatic heterocycles. The minimum atomic E-state index is 0.506. The van der Waals surface area contributed by atoms with Gasteiger partial charge in [-0.05, 0) is 17.7 Å². The van der Waals surface area contributed by atoms with Gasteiger partial charge in [-0.3, -0.25) is 0 Å². The number of anilines is 1. The van der Waals surface area contributed by atoms with Gasteiger partial charge in [0.25, 0.3) is 0 Å². The van der Waals surface area contributed by atoms with Gasteiger partial charge < -0.3 is 5.32 Å². The summed E-state index contributed by atoms with van der Waals surface area (Å²) in [6, 6.07) is 9.50. The molecule has 0 saturated heterocycles. The van der Waals surface area contributed by atoms with Crippen molar-refractivity contribution in [3.05, 3.63) is 41.7 Å². The second-order valence-corrected chi connectivity index (χ2v) is 4.20. The average Bonchev–Trinajstić information content (AvgIpc) is 2.90. The Morgan fingerprint density at radius 1 is 1.35 bits per heavy atom. The van der Waals surface area contributed by atoms with E-state index in [2.05, 4.69) is 31.7 Å². The number of nitriles is 1. The van der Waals surface area contributed by atoms with Gasteiger partial charge in [0, 0.05) is 7.05 Å². The van der Waals surface area contributed by atoms with E-state index in [9.17, 15) is 0 Å². The number of benzene rings is 1. The van der Waals surface area contributed by atoms with Crippen LogP contribution >= 0.6 is 0 Å². The van der Waals surface area contributed by atoms with Crippen molar-refractivity contribution in [1.82, 2.24) is 25.0 Å². The highest BCUT2D eigenvalue weighted by atomic mass is 15.4. The summed E-state index contributed by atoms with van der Waals surface area (Å²) in [6.07, 6.45) is 1.47. The maximum Gasteiger partial charge on any atom is 0.184 e. The van der Waals surface area contributed by atoms with Gasteiger partial charge in [0.1, 0.15) is 6.33 Å². The SMILES string of the molecule is CNc1ncnc2c1nnn2Cc1cccc(C#N)c1. The number of nitrogens with zero attached hydrogens (tertiary/aromatic N) is 6. The topological polar surface area (TPSA) is 92.3 Å². The maximum absolute atomic E-state index is 8.91. The van der Waals surface area contributed by atoms with Gasteiger partial charge in [-0.25, -0.2) is 14.6 Å². The number of hydrogen-bond donors (Lipinski definition) is 1. The molecule has 0 unspecified atom stereocenters. The van der Waals surface area contributed by atoms with E-state index < -0.39 is 0 Å². The normalized spacial score (nSPS) is 10.4. The van der Waals surface area contributed by atoms with Crippen LogP contribution in [0.4, 0.5) is 5.82 Å². The van der Waals surface area contributed by atoms with Crippen molar-refractivity contribution < 1.29 is 0 Å². The Morgan fingerprint density at radius 3 is 3.05 bits per heavy atom. The first-order valence-corrected chi connectivity index (χ1v) is 6.03. The van der Waals surface area contributed by atoms with E-state index in [0.717, 1.165) is 5.56 Å². The molecule has 98 valence electrons. The molecule has 2 heterocycles. The molecule has 0 fully saturated rings. The third-order valence-corrected chi connectivity index (χ3v) is 2.93. The van der Waals surface area contributed by atoms with Crippen LogP contribution in [0.5, 0.6) is 0 Å². The molecule has 3 aromatic rings. The zero-order chi connectivity index (χ0) is 13.9. The van der Waals surface area contributed by atoms with Crippen molar-refractivity contribution in [3.8, 4) is 6.07 Å². The van der Waals surface area contributed by atoms with Crippen molar-refractivity contribution in [2.45, 2.75) is 6.54 Å². The highest BCUT2D eigenvalue weighted by molar-refractivity contribution is 5.81. The van der Waals surface area contributed by atoms with E-state index in [-0.39, 0.29) is 0 Å². The first-order chi connectivity index (χ1) is 9.81. The van der Waals surface area contributed by atoms with E-state index in [1.165, 1.54) is 6.33 Å². The van der Waals surface area contributed by atoms with Crippen LogP contribution < -0.4 is 5.32 Å². The molecule has 0 saturated carbocycles. The molecular formula is C13H11N7. The van der Waals surface area contributed by atoms with Crippen LogP contribution in [0.1, 0.15) is 11.1 Å². The number of aromatic nitrogens is 5. The monoisotopic (exact) mass is 265 g/mol. The molecule has 0 amide bonds. The lowest BCUT2D eigenvalue weighted by Gasteiger charge is -2.03. The third kappa shape index (κ3) is 2.03. The predicted octanol–water partition coefficient (Wildman–Crippen LogP) is 1.18. The largest absolute Gasteiger partial charge is 0.371 e. The molecule has 7 heteroatoms. The summed E-state index contributed by atoms with van der Waals surface area (Å²) in [6.45, 7) is 0.506. The molecular weight excluding hydrogens is 254 g/mol. The van der Waals surface area contributed by atoms with E-state index in [0.29, 0.717) is 29.1 Å². The van der Waals surface area contributed by atoms with E-state index in [1.54, 1.807) is 17.8 Å². The minimum absolute atomic E-state index is 0.506. The lowest BCUT2D eigenvalue weighted by Crippen LogP contribution is -2.03. The quantitative estimate of drug-likeness (QED) is 0.764. The molecule has 0 aliphatic heterocycles. The number of hydrogen-bond acceptors (Lipinski definition) is 6. The van der Waals surface area contributed by atoms with Crippen LogP contribution in [0.3, 0.4) is 0 Å². The van der Waals surface area contributed by atoms with Crippen molar-refractivity contribution in [3.63, 3.8) is 0 Å². The Kier molecular flexibility index (Phi) is 2.97. The second kappa shape index (κ2) is 4.93. The van der Waals surface area contributed by atoms with Gasteiger partial charge in [-0.2, -0.15) is 5.26 Å². The van der Waals surface area contributed by atoms with Crippen molar-refractivity contribution in [2.75, 3.05) is 12.4 Å². The summed E-state index contributed by atoms with van der Waals surface area (Å²) in [7, 11) is 1.77. The Hall–Kier alpha value is -3.01. The zero-order valence-corrected chi connectivity index (χ0v) is 10.8. The molecule has 0 atom stereocenters. The van der Waals surface area contributed by atoms with Gasteiger partial charge in [-0.15, -0.1) is 5.10 Å². The zero-order valence-electron chi connectivity index (χ0n) is 10.8. The van der Waals surface area contributed by atoms with Crippen LogP contribution in [0.15, 0.2) is 30.6 Å². The smallest absolute Gasteiger partial charge is 0.184 e. The third-order valence-electron chi connectivity index (χ3n) is 2.93. The predicted molar refractivity (Wildman–Crippen MR) is 72.9 cm³/mol. The highest BCUT2D eigenvalue weighted by Crippen LogP contribution is 2.16. The van der Waals surface area contributed by atoms with Crippen LogP contribution in [0, 0.1) is 11.3 Å². The molecule has 0 aliphatic carbocycles. The Labute approximate surface area is 114 Å². The highest BCUT2D eigenvalue weighted by Gasteiger charge is 2.10. The minimum Gasteiger partial charge on any atom is -0.371 e. The molecule has 1 N–H and O–H groups in total. The molecule has 20 heavy (non-hydrogen) atoms. The van der Waals surface area contributed by atoms with Gasteiger partial charge in [0.2, 0.25) is 0 Å². The van der Waals surface area contributed by atoms with E-state index in [1.807, 2.05) is 18.2 Å². The van der Waals surface area contributed by atoms with Crippen LogP contribution in [-0.2, 0) is 6.54 Å². The fourth-order valence-electron chi connectivity index (χ4n) is 1.99. The Balaban J connectivity index is 2.01. The molecule has 0 spiro atoms.